The van der Waals surface area contributed by atoms with E-state index in [1.54, 1.807) is 19.9 Å². The predicted molar refractivity (Wildman–Crippen MR) is 109 cm³/mol. The van der Waals surface area contributed by atoms with Gasteiger partial charge >= 0.3 is 0 Å². The fraction of sp³-hybridized carbons (Fsp3) is 0.750. The van der Waals surface area contributed by atoms with E-state index in [0.717, 1.165) is 0 Å². The highest BCUT2D eigenvalue weighted by molar-refractivity contribution is 6.01. The standard InChI is InChI=1S/C24H31FO6/c1-21(2)30-19-9-14-13-8-16(25)15-7-12(27)5-6-22(15,3)20(13)17(28)10-23(14,4)24(19,31-21)18(29)11-26/h5-7,13-14,16-17,19-20,26,28H,8-11H2,1-4H3/t13-,14+,16-,17-,19+,20-,22-,23+,24+/m0/s1. The van der Waals surface area contributed by atoms with Crippen LogP contribution in [0, 0.1) is 28.6 Å². The van der Waals surface area contributed by atoms with Gasteiger partial charge in [-0.15, -0.1) is 0 Å². The van der Waals surface area contributed by atoms with Gasteiger partial charge in [0.15, 0.2) is 23.0 Å². The second-order valence-electron chi connectivity index (χ2n) is 11.0. The normalized spacial score (nSPS) is 52.1. The highest BCUT2D eigenvalue weighted by Gasteiger charge is 2.77. The van der Waals surface area contributed by atoms with Crippen LogP contribution in [0.5, 0.6) is 0 Å². The van der Waals surface area contributed by atoms with Crippen LogP contribution in [0.25, 0.3) is 0 Å². The van der Waals surface area contributed by atoms with E-state index in [-0.39, 0.29) is 36.4 Å². The van der Waals surface area contributed by atoms with Gasteiger partial charge in [0, 0.05) is 16.7 Å². The summed E-state index contributed by atoms with van der Waals surface area (Å²) in [5, 5.41) is 21.3. The van der Waals surface area contributed by atoms with Crippen LogP contribution in [-0.4, -0.2) is 58.2 Å². The molecule has 0 aromatic heterocycles. The van der Waals surface area contributed by atoms with Crippen molar-refractivity contribution in [2.24, 2.45) is 28.6 Å². The lowest BCUT2D eigenvalue weighted by Gasteiger charge is -2.60. The summed E-state index contributed by atoms with van der Waals surface area (Å²) < 4.78 is 27.9. The van der Waals surface area contributed by atoms with Crippen LogP contribution in [0.4, 0.5) is 4.39 Å². The van der Waals surface area contributed by atoms with E-state index in [0.29, 0.717) is 12.0 Å². The van der Waals surface area contributed by atoms with Crippen molar-refractivity contribution < 1.29 is 33.7 Å². The lowest BCUT2D eigenvalue weighted by molar-refractivity contribution is -0.226. The molecular formula is C24H31FO6. The second-order valence-corrected chi connectivity index (χ2v) is 11.0. The number of halogens is 1. The van der Waals surface area contributed by atoms with Crippen molar-refractivity contribution in [3.63, 3.8) is 0 Å². The van der Waals surface area contributed by atoms with Crippen LogP contribution in [0.3, 0.4) is 0 Å². The number of fused-ring (bicyclic) bond motifs is 7. The summed E-state index contributed by atoms with van der Waals surface area (Å²) in [6.45, 7) is 6.65. The number of allylic oxidation sites excluding steroid dienone is 4. The molecule has 9 atom stereocenters. The van der Waals surface area contributed by atoms with Gasteiger partial charge < -0.3 is 19.7 Å². The molecule has 0 aromatic carbocycles. The number of Topliss-reactive ketones (excluding diaryl/α,β-unsaturated/α-hetero) is 1. The van der Waals surface area contributed by atoms with Crippen molar-refractivity contribution in [3.8, 4) is 0 Å². The Labute approximate surface area is 181 Å². The van der Waals surface area contributed by atoms with Crippen LogP contribution < -0.4 is 0 Å². The van der Waals surface area contributed by atoms with Gasteiger partial charge in [-0.25, -0.2) is 4.39 Å². The SMILES string of the molecule is CC1(C)O[C@@H]2C[C@@H]3[C@@H]4C[C@H](F)C5=CC(=O)C=C[C@]5(C)[C@@H]4[C@@H](O)C[C@@]3(C)[C@]2(C(=O)CO)O1. The molecule has 4 fully saturated rings. The van der Waals surface area contributed by atoms with E-state index in [2.05, 4.69) is 0 Å². The molecule has 0 radical (unpaired) electrons. The molecule has 0 unspecified atom stereocenters. The second kappa shape index (κ2) is 6.34. The molecule has 0 bridgehead atoms. The minimum atomic E-state index is -1.37. The first kappa shape index (κ1) is 21.4. The Balaban J connectivity index is 1.62. The molecule has 0 amide bonds. The van der Waals surface area contributed by atoms with Crippen LogP contribution in [0.1, 0.15) is 47.0 Å². The van der Waals surface area contributed by atoms with Crippen LogP contribution in [0.15, 0.2) is 23.8 Å². The fourth-order valence-corrected chi connectivity index (χ4v) is 8.05. The molecule has 5 rings (SSSR count). The Bertz CT molecular complexity index is 910. The summed E-state index contributed by atoms with van der Waals surface area (Å²) >= 11 is 0. The maximum atomic E-state index is 15.4. The van der Waals surface area contributed by atoms with Crippen LogP contribution >= 0.6 is 0 Å². The van der Waals surface area contributed by atoms with Crippen molar-refractivity contribution >= 4 is 11.6 Å². The van der Waals surface area contributed by atoms with E-state index in [1.165, 1.54) is 12.2 Å². The molecule has 6 nitrogen and oxygen atoms in total. The third kappa shape index (κ3) is 2.52. The Morgan fingerprint density at radius 1 is 1.26 bits per heavy atom. The molecule has 2 N–H and O–H groups in total. The minimum Gasteiger partial charge on any atom is -0.393 e. The number of carbonyl (C=O) groups excluding carboxylic acids is 2. The summed E-state index contributed by atoms with van der Waals surface area (Å²) in [6.07, 6.45) is 2.90. The quantitative estimate of drug-likeness (QED) is 0.693. The van der Waals surface area contributed by atoms with E-state index in [9.17, 15) is 19.8 Å². The number of rotatable bonds is 2. The van der Waals surface area contributed by atoms with Crippen molar-refractivity contribution in [1.82, 2.24) is 0 Å². The number of ketones is 2. The van der Waals surface area contributed by atoms with E-state index in [1.807, 2.05) is 13.8 Å². The number of alkyl halides is 1. The third-order valence-corrected chi connectivity index (χ3v) is 9.03. The van der Waals surface area contributed by atoms with Crippen LogP contribution in [-0.2, 0) is 19.1 Å². The largest absolute Gasteiger partial charge is 0.393 e. The first-order chi connectivity index (χ1) is 14.4. The highest BCUT2D eigenvalue weighted by atomic mass is 19.1. The zero-order valence-electron chi connectivity index (χ0n) is 18.4. The molecule has 1 heterocycles. The van der Waals surface area contributed by atoms with E-state index < -0.39 is 53.0 Å². The van der Waals surface area contributed by atoms with Gasteiger partial charge in [0.25, 0.3) is 0 Å². The van der Waals surface area contributed by atoms with Crippen molar-refractivity contribution in [2.45, 2.75) is 76.7 Å². The number of hydrogen-bond donors (Lipinski definition) is 2. The third-order valence-electron chi connectivity index (χ3n) is 9.03. The maximum absolute atomic E-state index is 15.4. The van der Waals surface area contributed by atoms with Crippen molar-refractivity contribution in [2.75, 3.05) is 6.61 Å². The molecule has 1 saturated heterocycles. The zero-order valence-corrected chi connectivity index (χ0v) is 18.4. The van der Waals surface area contributed by atoms with Gasteiger partial charge in [-0.2, -0.15) is 0 Å². The lowest BCUT2D eigenvalue weighted by atomic mass is 9.46. The average molecular weight is 435 g/mol. The molecule has 0 spiro atoms. The van der Waals surface area contributed by atoms with E-state index in [4.69, 9.17) is 9.47 Å². The van der Waals surface area contributed by atoms with Gasteiger partial charge in [-0.1, -0.05) is 19.9 Å². The topological polar surface area (TPSA) is 93.1 Å². The number of carbonyl (C=O) groups is 2. The number of ether oxygens (including phenoxy) is 2. The van der Waals surface area contributed by atoms with Crippen molar-refractivity contribution in [3.05, 3.63) is 23.8 Å². The smallest absolute Gasteiger partial charge is 0.193 e. The number of aliphatic hydroxyl groups is 2. The molecule has 3 saturated carbocycles. The Hall–Kier alpha value is -1.41. The predicted octanol–water partition coefficient (Wildman–Crippen LogP) is 2.27. The Kier molecular flexibility index (Phi) is 4.38. The van der Waals surface area contributed by atoms with Gasteiger partial charge in [-0.05, 0) is 62.7 Å². The molecule has 1 aliphatic heterocycles. The van der Waals surface area contributed by atoms with Gasteiger partial charge in [0.05, 0.1) is 12.2 Å². The van der Waals surface area contributed by atoms with E-state index >= 15 is 4.39 Å². The molecule has 0 aromatic rings. The monoisotopic (exact) mass is 434 g/mol. The summed E-state index contributed by atoms with van der Waals surface area (Å²) in [7, 11) is 0. The van der Waals surface area contributed by atoms with Crippen molar-refractivity contribution in [1.29, 1.82) is 0 Å². The van der Waals surface area contributed by atoms with Gasteiger partial charge in [0.1, 0.15) is 12.8 Å². The zero-order chi connectivity index (χ0) is 22.6. The summed E-state index contributed by atoms with van der Waals surface area (Å²) in [4.78, 5) is 25.1. The average Bonchev–Trinajstić information content (AvgIpc) is 3.08. The summed E-state index contributed by atoms with van der Waals surface area (Å²) in [5.41, 5.74) is -2.50. The Morgan fingerprint density at radius 2 is 1.97 bits per heavy atom. The molecule has 5 aliphatic rings. The molecule has 31 heavy (non-hydrogen) atoms. The van der Waals surface area contributed by atoms with Crippen LogP contribution in [0.2, 0.25) is 0 Å². The minimum absolute atomic E-state index is 0.125. The molecular weight excluding hydrogens is 403 g/mol. The lowest BCUT2D eigenvalue weighted by Crippen LogP contribution is -2.64. The fourth-order valence-electron chi connectivity index (χ4n) is 8.05. The Morgan fingerprint density at radius 3 is 2.65 bits per heavy atom. The van der Waals surface area contributed by atoms with Gasteiger partial charge in [0.2, 0.25) is 0 Å². The number of aliphatic hydroxyl groups excluding tert-OH is 2. The molecule has 4 aliphatic carbocycles. The number of hydrogen-bond acceptors (Lipinski definition) is 6. The highest BCUT2D eigenvalue weighted by Crippen LogP contribution is 2.70. The summed E-state index contributed by atoms with van der Waals surface area (Å²) in [5.74, 6) is -2.28. The summed E-state index contributed by atoms with van der Waals surface area (Å²) in [6, 6.07) is 0. The molecule has 170 valence electrons. The van der Waals surface area contributed by atoms with Gasteiger partial charge in [-0.3, -0.25) is 9.59 Å². The molecule has 7 heteroatoms. The maximum Gasteiger partial charge on any atom is 0.193 e. The first-order valence-corrected chi connectivity index (χ1v) is 11.2. The first-order valence-electron chi connectivity index (χ1n) is 11.2.